The van der Waals surface area contributed by atoms with E-state index in [4.69, 9.17) is 0 Å². The Labute approximate surface area is 183 Å². The molecule has 2 N–H and O–H groups in total. The monoisotopic (exact) mass is 471 g/mol. The van der Waals surface area contributed by atoms with Gasteiger partial charge in [0.15, 0.2) is 0 Å². The topological polar surface area (TPSA) is 98.4 Å². The van der Waals surface area contributed by atoms with Crippen LogP contribution in [0.2, 0.25) is 0 Å². The Hall–Kier alpha value is -2.34. The summed E-state index contributed by atoms with van der Waals surface area (Å²) in [6.45, 7) is 0.519. The maximum atomic E-state index is 13.0. The van der Waals surface area contributed by atoms with Crippen LogP contribution in [0.15, 0.2) is 24.3 Å². The number of nitrogens with one attached hydrogen (secondary N) is 2. The number of para-hydroxylation sites is 2. The average molecular weight is 472 g/mol. The molecule has 2 aliphatic heterocycles. The van der Waals surface area contributed by atoms with Gasteiger partial charge in [-0.25, -0.2) is 22.5 Å². The summed E-state index contributed by atoms with van der Waals surface area (Å²) in [7, 11) is -3.62. The number of fused-ring (bicyclic) bond motifs is 1. The molecule has 0 bridgehead atoms. The van der Waals surface area contributed by atoms with Gasteiger partial charge < -0.3 is 15.2 Å². The van der Waals surface area contributed by atoms with Crippen LogP contribution in [-0.4, -0.2) is 76.8 Å². The second-order valence-corrected chi connectivity index (χ2v) is 11.1. The minimum atomic E-state index is -4.50. The van der Waals surface area contributed by atoms with Gasteiger partial charge in [0.05, 0.1) is 11.0 Å². The van der Waals surface area contributed by atoms with Crippen LogP contribution < -0.4 is 5.32 Å². The highest BCUT2D eigenvalue weighted by Gasteiger charge is 2.65. The minimum Gasteiger partial charge on any atom is -0.342 e. The highest BCUT2D eigenvalue weighted by atomic mass is 32.2. The molecule has 3 heterocycles. The van der Waals surface area contributed by atoms with Crippen molar-refractivity contribution in [2.24, 2.45) is 0 Å². The molecule has 0 radical (unpaired) electrons. The summed E-state index contributed by atoms with van der Waals surface area (Å²) in [5, 5.41) is 1.26. The van der Waals surface area contributed by atoms with Gasteiger partial charge in [0, 0.05) is 32.1 Å². The maximum Gasteiger partial charge on any atom is 0.411 e. The molecule has 2 saturated heterocycles. The van der Waals surface area contributed by atoms with E-state index < -0.39 is 33.0 Å². The second-order valence-electron chi connectivity index (χ2n) is 8.89. The first-order chi connectivity index (χ1) is 15.1. The van der Waals surface area contributed by atoms with Gasteiger partial charge in [-0.2, -0.15) is 13.2 Å². The fraction of sp³-hybridized carbons (Fsp3) is 0.600. The van der Waals surface area contributed by atoms with Gasteiger partial charge in [0.1, 0.15) is 16.6 Å². The van der Waals surface area contributed by atoms with Gasteiger partial charge in [-0.05, 0) is 37.8 Å². The lowest BCUT2D eigenvalue weighted by Gasteiger charge is -2.42. The number of benzene rings is 1. The minimum absolute atomic E-state index is 0.0917. The van der Waals surface area contributed by atoms with Gasteiger partial charge in [0.25, 0.3) is 0 Å². The smallest absolute Gasteiger partial charge is 0.342 e. The van der Waals surface area contributed by atoms with E-state index in [1.165, 1.54) is 4.31 Å². The summed E-state index contributed by atoms with van der Waals surface area (Å²) in [4.78, 5) is 21.2. The third kappa shape index (κ3) is 3.62. The van der Waals surface area contributed by atoms with E-state index in [2.05, 4.69) is 9.97 Å². The molecule has 1 aromatic heterocycles. The Morgan fingerprint density at radius 2 is 1.81 bits per heavy atom. The number of halogens is 3. The van der Waals surface area contributed by atoms with Gasteiger partial charge >= 0.3 is 12.2 Å². The highest BCUT2D eigenvalue weighted by Crippen LogP contribution is 2.49. The molecule has 0 unspecified atom stereocenters. The first-order valence-electron chi connectivity index (χ1n) is 10.7. The van der Waals surface area contributed by atoms with Gasteiger partial charge in [-0.1, -0.05) is 12.1 Å². The number of rotatable bonds is 4. The number of nitrogens with zero attached hydrogens (tertiary/aromatic N) is 3. The number of sulfonamides is 1. The molecule has 5 rings (SSSR count). The number of alkyl halides is 3. The molecule has 2 aromatic rings. The van der Waals surface area contributed by atoms with Crippen LogP contribution in [0.25, 0.3) is 11.0 Å². The summed E-state index contributed by atoms with van der Waals surface area (Å²) < 4.78 is 66.4. The normalized spacial score (nSPS) is 22.7. The molecule has 0 spiro atoms. The Kier molecular flexibility index (Phi) is 4.93. The molecule has 1 aliphatic carbocycles. The fourth-order valence-electron chi connectivity index (χ4n) is 4.44. The van der Waals surface area contributed by atoms with E-state index in [9.17, 15) is 26.4 Å². The van der Waals surface area contributed by atoms with Crippen molar-refractivity contribution in [3.05, 3.63) is 30.1 Å². The Morgan fingerprint density at radius 3 is 2.41 bits per heavy atom. The number of hydrogen-bond acceptors (Lipinski definition) is 4. The Balaban J connectivity index is 1.15. The van der Waals surface area contributed by atoms with E-state index in [-0.39, 0.29) is 31.8 Å². The predicted octanol–water partition coefficient (Wildman–Crippen LogP) is 2.56. The van der Waals surface area contributed by atoms with Crippen LogP contribution in [0.5, 0.6) is 0 Å². The maximum absolute atomic E-state index is 13.0. The number of imidazole rings is 1. The summed E-state index contributed by atoms with van der Waals surface area (Å²) in [6.07, 6.45) is -3.52. The molecule has 174 valence electrons. The lowest BCUT2D eigenvalue weighted by atomic mass is 9.97. The van der Waals surface area contributed by atoms with Crippen LogP contribution in [0.1, 0.15) is 37.4 Å². The number of carbonyl (C=O) groups excluding carboxylic acids is 1. The molecule has 32 heavy (non-hydrogen) atoms. The van der Waals surface area contributed by atoms with Crippen molar-refractivity contribution in [2.45, 2.75) is 48.6 Å². The van der Waals surface area contributed by atoms with E-state index >= 15 is 0 Å². The number of hydrogen-bond donors (Lipinski definition) is 2. The lowest BCUT2D eigenvalue weighted by molar-refractivity contribution is -0.163. The number of piperidine rings is 1. The number of carbonyl (C=O) groups is 1. The van der Waals surface area contributed by atoms with Crippen molar-refractivity contribution in [1.82, 2.24) is 24.5 Å². The fourth-order valence-corrected chi connectivity index (χ4v) is 6.32. The van der Waals surface area contributed by atoms with E-state index in [0.717, 1.165) is 21.8 Å². The van der Waals surface area contributed by atoms with E-state index in [1.54, 1.807) is 0 Å². The number of aromatic nitrogens is 2. The third-order valence-corrected chi connectivity index (χ3v) is 9.03. The molecule has 12 heteroatoms. The number of likely N-dealkylation sites (tertiary alicyclic amines) is 1. The Morgan fingerprint density at radius 1 is 1.16 bits per heavy atom. The van der Waals surface area contributed by atoms with Crippen molar-refractivity contribution < 1.29 is 26.4 Å². The molecule has 1 saturated carbocycles. The highest BCUT2D eigenvalue weighted by molar-refractivity contribution is 7.89. The zero-order valence-electron chi connectivity index (χ0n) is 17.2. The summed E-state index contributed by atoms with van der Waals surface area (Å²) in [6, 6.07) is 6.86. The summed E-state index contributed by atoms with van der Waals surface area (Å²) in [5.74, 6) is 0.989. The average Bonchev–Trinajstić information content (AvgIpc) is 3.36. The number of amides is 2. The number of H-pyrrole nitrogens is 1. The third-order valence-electron chi connectivity index (χ3n) is 6.80. The van der Waals surface area contributed by atoms with Crippen molar-refractivity contribution in [2.75, 3.05) is 26.2 Å². The molecular weight excluding hydrogens is 447 g/mol. The lowest BCUT2D eigenvalue weighted by Crippen LogP contribution is -2.64. The molecule has 2 amide bonds. The largest absolute Gasteiger partial charge is 0.411 e. The van der Waals surface area contributed by atoms with Crippen molar-refractivity contribution in [3.63, 3.8) is 0 Å². The predicted molar refractivity (Wildman–Crippen MR) is 110 cm³/mol. The summed E-state index contributed by atoms with van der Waals surface area (Å²) >= 11 is 0. The Bertz CT molecular complexity index is 1100. The van der Waals surface area contributed by atoms with Crippen molar-refractivity contribution in [1.29, 1.82) is 0 Å². The van der Waals surface area contributed by atoms with Crippen LogP contribution in [0.4, 0.5) is 18.0 Å². The van der Waals surface area contributed by atoms with Crippen LogP contribution in [0, 0.1) is 0 Å². The van der Waals surface area contributed by atoms with Crippen LogP contribution in [-0.2, 0) is 10.0 Å². The standard InChI is InChI=1S/C20H24F3N5O3S/c21-20(22,23)19(7-8-19)26-18(29)27-11-14(12-27)32(30,31)28-9-5-13(6-10-28)17-24-15-3-1-2-4-16(15)25-17/h1-4,13-14H,5-12H2,(H,24,25)(H,26,29). The zero-order chi connectivity index (χ0) is 22.7. The zero-order valence-corrected chi connectivity index (χ0v) is 18.0. The van der Waals surface area contributed by atoms with Crippen LogP contribution in [0.3, 0.4) is 0 Å². The van der Waals surface area contributed by atoms with Gasteiger partial charge in [-0.15, -0.1) is 0 Å². The quantitative estimate of drug-likeness (QED) is 0.716. The van der Waals surface area contributed by atoms with E-state index in [1.807, 2.05) is 29.6 Å². The first kappa shape index (κ1) is 21.5. The van der Waals surface area contributed by atoms with Crippen molar-refractivity contribution >= 4 is 27.1 Å². The first-order valence-corrected chi connectivity index (χ1v) is 12.2. The molecule has 1 aromatic carbocycles. The summed E-state index contributed by atoms with van der Waals surface area (Å²) in [5.41, 5.74) is -0.320. The molecule has 8 nitrogen and oxygen atoms in total. The molecule has 0 atom stereocenters. The van der Waals surface area contributed by atoms with Gasteiger partial charge in [0.2, 0.25) is 10.0 Å². The van der Waals surface area contributed by atoms with Crippen molar-refractivity contribution in [3.8, 4) is 0 Å². The van der Waals surface area contributed by atoms with E-state index in [0.29, 0.717) is 25.9 Å². The second kappa shape index (κ2) is 7.34. The molecule has 3 aliphatic rings. The number of aromatic amines is 1. The van der Waals surface area contributed by atoms with Crippen LogP contribution >= 0.6 is 0 Å². The molecule has 3 fully saturated rings. The van der Waals surface area contributed by atoms with Gasteiger partial charge in [-0.3, -0.25) is 0 Å². The number of urea groups is 1. The molecular formula is C20H24F3N5O3S. The SMILES string of the molecule is O=C(NC1(C(F)(F)F)CC1)N1CC(S(=O)(=O)N2CCC(c3nc4ccccc4[nH]3)CC2)C1.